The molecule has 0 aliphatic carbocycles. The van der Waals surface area contributed by atoms with Crippen LogP contribution in [0.5, 0.6) is 0 Å². The van der Waals surface area contributed by atoms with Crippen molar-refractivity contribution >= 4 is 17.6 Å². The summed E-state index contributed by atoms with van der Waals surface area (Å²) in [6.45, 7) is 1.21. The van der Waals surface area contributed by atoms with Crippen molar-refractivity contribution in [2.24, 2.45) is 0 Å². The van der Waals surface area contributed by atoms with E-state index in [1.807, 2.05) is 0 Å². The molecule has 0 saturated carbocycles. The van der Waals surface area contributed by atoms with Crippen LogP contribution in [0.2, 0.25) is 5.15 Å². The van der Waals surface area contributed by atoms with Gasteiger partial charge in [0.05, 0.1) is 18.8 Å². The lowest BCUT2D eigenvalue weighted by atomic mass is 9.86. The smallest absolute Gasteiger partial charge is 0.341 e. The number of halogens is 1. The Kier molecular flexibility index (Phi) is 2.16. The average molecular weight is 240 g/mol. The van der Waals surface area contributed by atoms with Crippen molar-refractivity contribution in [3.63, 3.8) is 0 Å². The van der Waals surface area contributed by atoms with E-state index < -0.39 is 5.60 Å². The van der Waals surface area contributed by atoms with E-state index >= 15 is 0 Å². The number of ether oxygens (including phenoxy) is 2. The predicted molar refractivity (Wildman–Crippen MR) is 56.4 cm³/mol. The average Bonchev–Trinajstić information content (AvgIpc) is 2.53. The van der Waals surface area contributed by atoms with Crippen LogP contribution in [0, 0.1) is 0 Å². The summed E-state index contributed by atoms with van der Waals surface area (Å²) in [5.41, 5.74) is 0.865. The Morgan fingerprint density at radius 1 is 1.38 bits per heavy atom. The molecule has 1 aromatic heterocycles. The predicted octanol–water partition coefficient (Wildman–Crippen LogP) is 1.91. The van der Waals surface area contributed by atoms with Crippen molar-refractivity contribution in [2.45, 2.75) is 18.4 Å². The van der Waals surface area contributed by atoms with E-state index in [0.29, 0.717) is 36.8 Å². The fraction of sp³-hybridized carbons (Fsp3) is 0.455. The maximum absolute atomic E-state index is 11.7. The minimum atomic E-state index is -0.531. The molecular weight excluding hydrogens is 230 g/mol. The third-order valence-corrected chi connectivity index (χ3v) is 3.38. The maximum atomic E-state index is 11.7. The van der Waals surface area contributed by atoms with Gasteiger partial charge < -0.3 is 9.47 Å². The third kappa shape index (κ3) is 1.33. The Labute approximate surface area is 97.5 Å². The van der Waals surface area contributed by atoms with Crippen molar-refractivity contribution < 1.29 is 14.3 Å². The maximum Gasteiger partial charge on any atom is 0.341 e. The third-order valence-electron chi connectivity index (χ3n) is 3.17. The molecule has 0 N–H and O–H groups in total. The molecule has 2 aliphatic heterocycles. The van der Waals surface area contributed by atoms with Crippen LogP contribution in [0.3, 0.4) is 0 Å². The van der Waals surface area contributed by atoms with Crippen LogP contribution in [0.15, 0.2) is 12.3 Å². The van der Waals surface area contributed by atoms with E-state index in [1.165, 1.54) is 6.20 Å². The van der Waals surface area contributed by atoms with Gasteiger partial charge in [-0.15, -0.1) is 0 Å². The first kappa shape index (κ1) is 10.1. The largest absolute Gasteiger partial charge is 0.450 e. The van der Waals surface area contributed by atoms with Crippen molar-refractivity contribution in [1.29, 1.82) is 0 Å². The minimum absolute atomic E-state index is 0.305. The van der Waals surface area contributed by atoms with E-state index in [0.717, 1.165) is 5.56 Å². The monoisotopic (exact) mass is 239 g/mol. The summed E-state index contributed by atoms with van der Waals surface area (Å²) >= 11 is 5.86. The molecular formula is C11H10ClNO3. The van der Waals surface area contributed by atoms with E-state index in [9.17, 15) is 4.79 Å². The highest BCUT2D eigenvalue weighted by Gasteiger charge is 2.46. The minimum Gasteiger partial charge on any atom is -0.450 e. The fourth-order valence-corrected chi connectivity index (χ4v) is 2.49. The van der Waals surface area contributed by atoms with E-state index in [4.69, 9.17) is 21.1 Å². The van der Waals surface area contributed by atoms with Crippen LogP contribution in [0.25, 0.3) is 0 Å². The van der Waals surface area contributed by atoms with Crippen LogP contribution in [-0.2, 0) is 15.1 Å². The van der Waals surface area contributed by atoms with Gasteiger partial charge in [0.1, 0.15) is 10.8 Å². The summed E-state index contributed by atoms with van der Waals surface area (Å²) in [4.78, 5) is 15.6. The molecule has 4 nitrogen and oxygen atoms in total. The summed E-state index contributed by atoms with van der Waals surface area (Å²) in [6, 6.07) is 1.73. The zero-order valence-electron chi connectivity index (χ0n) is 8.53. The van der Waals surface area contributed by atoms with Crippen LogP contribution >= 0.6 is 11.6 Å². The van der Waals surface area contributed by atoms with Gasteiger partial charge in [-0.05, 0) is 6.07 Å². The molecule has 84 valence electrons. The van der Waals surface area contributed by atoms with Gasteiger partial charge in [-0.25, -0.2) is 9.78 Å². The number of fused-ring (bicyclic) bond motifs is 2. The second kappa shape index (κ2) is 3.43. The zero-order valence-corrected chi connectivity index (χ0v) is 9.29. The number of carbonyl (C=O) groups excluding carboxylic acids is 1. The standard InChI is InChI=1S/C11H10ClNO3/c12-9-5-8-7(6-13-9)10(14)16-11(8)1-3-15-4-2-11/h5-6H,1-4H2. The van der Waals surface area contributed by atoms with Gasteiger partial charge in [0.2, 0.25) is 0 Å². The summed E-state index contributed by atoms with van der Waals surface area (Å²) < 4.78 is 10.8. The molecule has 1 spiro atoms. The molecule has 3 rings (SSSR count). The van der Waals surface area contributed by atoms with Gasteiger partial charge >= 0.3 is 5.97 Å². The number of pyridine rings is 1. The number of aromatic nitrogens is 1. The Morgan fingerprint density at radius 2 is 2.12 bits per heavy atom. The van der Waals surface area contributed by atoms with Gasteiger partial charge in [-0.1, -0.05) is 11.6 Å². The molecule has 1 aromatic rings. The van der Waals surface area contributed by atoms with E-state index in [1.54, 1.807) is 6.07 Å². The summed E-state index contributed by atoms with van der Waals surface area (Å²) in [5, 5.41) is 0.392. The molecule has 3 heterocycles. The van der Waals surface area contributed by atoms with Gasteiger partial charge in [0, 0.05) is 24.6 Å². The lowest BCUT2D eigenvalue weighted by molar-refractivity contribution is -0.0735. The second-order valence-corrected chi connectivity index (χ2v) is 4.44. The Morgan fingerprint density at radius 3 is 2.88 bits per heavy atom. The highest BCUT2D eigenvalue weighted by Crippen LogP contribution is 2.43. The van der Waals surface area contributed by atoms with Crippen LogP contribution in [0.4, 0.5) is 0 Å². The molecule has 2 aliphatic rings. The lowest BCUT2D eigenvalue weighted by Crippen LogP contribution is -2.33. The van der Waals surface area contributed by atoms with Crippen LogP contribution in [0.1, 0.15) is 28.8 Å². The molecule has 16 heavy (non-hydrogen) atoms. The topological polar surface area (TPSA) is 48.4 Å². The van der Waals surface area contributed by atoms with Crippen molar-refractivity contribution in [3.05, 3.63) is 28.5 Å². The summed E-state index contributed by atoms with van der Waals surface area (Å²) in [5.74, 6) is -0.305. The van der Waals surface area contributed by atoms with Crippen LogP contribution in [-0.4, -0.2) is 24.2 Å². The number of hydrogen-bond acceptors (Lipinski definition) is 4. The van der Waals surface area contributed by atoms with Crippen LogP contribution < -0.4 is 0 Å². The molecule has 0 aromatic carbocycles. The molecule has 1 saturated heterocycles. The van der Waals surface area contributed by atoms with Gasteiger partial charge in [0.25, 0.3) is 0 Å². The first-order valence-electron chi connectivity index (χ1n) is 5.18. The van der Waals surface area contributed by atoms with Crippen molar-refractivity contribution in [1.82, 2.24) is 4.98 Å². The zero-order chi connectivity index (χ0) is 11.2. The molecule has 5 heteroatoms. The highest BCUT2D eigenvalue weighted by atomic mass is 35.5. The SMILES string of the molecule is O=C1OC2(CCOCC2)c2cc(Cl)ncc21. The Balaban J connectivity index is 2.12. The normalized spacial score (nSPS) is 21.9. The first-order valence-corrected chi connectivity index (χ1v) is 5.56. The fourth-order valence-electron chi connectivity index (χ4n) is 2.33. The Bertz CT molecular complexity index is 455. The number of esters is 1. The number of nitrogens with zero attached hydrogens (tertiary/aromatic N) is 1. The van der Waals surface area contributed by atoms with E-state index in [-0.39, 0.29) is 5.97 Å². The summed E-state index contributed by atoms with van der Waals surface area (Å²) in [7, 11) is 0. The number of rotatable bonds is 0. The van der Waals surface area contributed by atoms with Gasteiger partial charge in [-0.3, -0.25) is 0 Å². The molecule has 0 unspecified atom stereocenters. The molecule has 0 radical (unpaired) electrons. The van der Waals surface area contributed by atoms with Crippen molar-refractivity contribution in [3.8, 4) is 0 Å². The molecule has 1 fully saturated rings. The lowest BCUT2D eigenvalue weighted by Gasteiger charge is -2.32. The van der Waals surface area contributed by atoms with Crippen molar-refractivity contribution in [2.75, 3.05) is 13.2 Å². The van der Waals surface area contributed by atoms with Gasteiger partial charge in [-0.2, -0.15) is 0 Å². The molecule has 0 bridgehead atoms. The van der Waals surface area contributed by atoms with Gasteiger partial charge in [0.15, 0.2) is 0 Å². The quantitative estimate of drug-likeness (QED) is 0.513. The highest BCUT2D eigenvalue weighted by molar-refractivity contribution is 6.29. The summed E-state index contributed by atoms with van der Waals surface area (Å²) in [6.07, 6.45) is 2.86. The number of carbonyl (C=O) groups is 1. The Hall–Kier alpha value is -1.13. The van der Waals surface area contributed by atoms with E-state index in [2.05, 4.69) is 4.98 Å². The molecule has 0 atom stereocenters. The first-order chi connectivity index (χ1) is 7.71. The second-order valence-electron chi connectivity index (χ2n) is 4.05. The molecule has 0 amide bonds. The number of hydrogen-bond donors (Lipinski definition) is 0.